The second kappa shape index (κ2) is 9.62. The Morgan fingerprint density at radius 1 is 1.00 bits per heavy atom. The highest BCUT2D eigenvalue weighted by Crippen LogP contribution is 2.50. The van der Waals surface area contributed by atoms with Crippen molar-refractivity contribution in [3.63, 3.8) is 0 Å². The first-order valence-corrected chi connectivity index (χ1v) is 10.8. The van der Waals surface area contributed by atoms with Crippen LogP contribution in [0.1, 0.15) is 29.5 Å². The van der Waals surface area contributed by atoms with E-state index < -0.39 is 5.92 Å². The average molecular weight is 456 g/mol. The van der Waals surface area contributed by atoms with Crippen LogP contribution in [0.2, 0.25) is 0 Å². The highest BCUT2D eigenvalue weighted by atomic mass is 16.7. The van der Waals surface area contributed by atoms with Crippen molar-refractivity contribution in [1.29, 1.82) is 0 Å². The number of fused-ring (bicyclic) bond motifs is 2. The standard InChI is InChI=1S/C25H29NO7/c1-6-26-12-16-7-14-8-18-19(33-13-32-18)11-17(14)22(23(16)25(27)31-5)15-9-20(28-2)24(30-4)21(10-15)29-3/h7-11,22-23,26H,6,12-13H2,1-5H3/t22-,23-/m1/s1. The first-order chi connectivity index (χ1) is 16.1. The number of carbonyl (C=O) groups is 1. The summed E-state index contributed by atoms with van der Waals surface area (Å²) in [5.74, 6) is 1.62. The predicted molar refractivity (Wildman–Crippen MR) is 123 cm³/mol. The van der Waals surface area contributed by atoms with Gasteiger partial charge in [0.05, 0.1) is 34.4 Å². The zero-order valence-corrected chi connectivity index (χ0v) is 19.5. The number of hydrogen-bond acceptors (Lipinski definition) is 8. The van der Waals surface area contributed by atoms with E-state index in [1.54, 1.807) is 21.3 Å². The Morgan fingerprint density at radius 3 is 2.24 bits per heavy atom. The summed E-state index contributed by atoms with van der Waals surface area (Å²) < 4.78 is 33.2. The van der Waals surface area contributed by atoms with Crippen molar-refractivity contribution in [2.75, 3.05) is 48.3 Å². The Labute approximate surface area is 193 Å². The molecule has 2 atom stereocenters. The lowest BCUT2D eigenvalue weighted by Gasteiger charge is -2.34. The van der Waals surface area contributed by atoms with E-state index >= 15 is 0 Å². The molecule has 8 nitrogen and oxygen atoms in total. The number of ether oxygens (including phenoxy) is 6. The summed E-state index contributed by atoms with van der Waals surface area (Å²) in [6.07, 6.45) is 2.04. The van der Waals surface area contributed by atoms with Gasteiger partial charge in [0.25, 0.3) is 0 Å². The predicted octanol–water partition coefficient (Wildman–Crippen LogP) is 3.37. The van der Waals surface area contributed by atoms with Gasteiger partial charge in [0.1, 0.15) is 0 Å². The van der Waals surface area contributed by atoms with Gasteiger partial charge < -0.3 is 33.7 Å². The minimum absolute atomic E-state index is 0.168. The molecule has 1 aliphatic heterocycles. The van der Waals surface area contributed by atoms with Gasteiger partial charge in [-0.3, -0.25) is 4.79 Å². The number of hydrogen-bond donors (Lipinski definition) is 1. The number of carbonyl (C=O) groups excluding carboxylic acids is 1. The van der Waals surface area contributed by atoms with Crippen LogP contribution in [0.4, 0.5) is 0 Å². The molecule has 1 heterocycles. The minimum atomic E-state index is -0.551. The van der Waals surface area contributed by atoms with E-state index in [0.717, 1.165) is 28.8 Å². The molecule has 0 fully saturated rings. The lowest BCUT2D eigenvalue weighted by Crippen LogP contribution is -2.33. The molecular formula is C25H29NO7. The van der Waals surface area contributed by atoms with Crippen LogP contribution in [-0.4, -0.2) is 54.3 Å². The summed E-state index contributed by atoms with van der Waals surface area (Å²) in [6, 6.07) is 7.67. The summed E-state index contributed by atoms with van der Waals surface area (Å²) in [5, 5.41) is 3.34. The monoisotopic (exact) mass is 455 g/mol. The van der Waals surface area contributed by atoms with Crippen LogP contribution in [0.5, 0.6) is 28.7 Å². The van der Waals surface area contributed by atoms with Crippen molar-refractivity contribution in [3.8, 4) is 28.7 Å². The molecule has 2 aromatic carbocycles. The third kappa shape index (κ3) is 4.06. The number of nitrogens with one attached hydrogen (secondary N) is 1. The molecule has 0 saturated heterocycles. The van der Waals surface area contributed by atoms with Crippen molar-refractivity contribution < 1.29 is 33.2 Å². The van der Waals surface area contributed by atoms with E-state index in [1.807, 2.05) is 37.3 Å². The number of methoxy groups -OCH3 is 4. The molecule has 0 spiro atoms. The SMILES string of the molecule is CCNCC1=Cc2cc3c(cc2[C@@H](c2cc(OC)c(OC)c(OC)c2)[C@@H]1C(=O)OC)OCO3. The molecular weight excluding hydrogens is 426 g/mol. The maximum absolute atomic E-state index is 13.2. The van der Waals surface area contributed by atoms with E-state index in [-0.39, 0.29) is 18.7 Å². The van der Waals surface area contributed by atoms with E-state index in [2.05, 4.69) is 5.32 Å². The quantitative estimate of drug-likeness (QED) is 0.607. The Hall–Kier alpha value is -3.39. The maximum atomic E-state index is 13.2. The van der Waals surface area contributed by atoms with E-state index in [4.69, 9.17) is 28.4 Å². The van der Waals surface area contributed by atoms with Gasteiger partial charge in [0.15, 0.2) is 23.0 Å². The number of benzene rings is 2. The smallest absolute Gasteiger partial charge is 0.313 e. The van der Waals surface area contributed by atoms with E-state index in [9.17, 15) is 4.79 Å². The molecule has 0 bridgehead atoms. The average Bonchev–Trinajstić information content (AvgIpc) is 3.30. The van der Waals surface area contributed by atoms with E-state index in [0.29, 0.717) is 35.3 Å². The summed E-state index contributed by atoms with van der Waals surface area (Å²) in [6.45, 7) is 3.51. The summed E-state index contributed by atoms with van der Waals surface area (Å²) in [5.41, 5.74) is 3.66. The number of rotatable bonds is 8. The largest absolute Gasteiger partial charge is 0.493 e. The van der Waals surface area contributed by atoms with Crippen molar-refractivity contribution in [3.05, 3.63) is 46.5 Å². The topological polar surface area (TPSA) is 84.5 Å². The van der Waals surface area contributed by atoms with Crippen LogP contribution in [-0.2, 0) is 9.53 Å². The van der Waals surface area contributed by atoms with Crippen LogP contribution in [0.3, 0.4) is 0 Å². The van der Waals surface area contributed by atoms with Crippen LogP contribution in [0.15, 0.2) is 29.8 Å². The highest BCUT2D eigenvalue weighted by Gasteiger charge is 2.40. The van der Waals surface area contributed by atoms with Crippen LogP contribution >= 0.6 is 0 Å². The third-order valence-corrected chi connectivity index (χ3v) is 6.07. The van der Waals surface area contributed by atoms with Crippen LogP contribution < -0.4 is 29.0 Å². The Morgan fingerprint density at radius 2 is 1.67 bits per heavy atom. The summed E-state index contributed by atoms with van der Waals surface area (Å²) in [7, 11) is 6.12. The molecule has 2 aromatic rings. The summed E-state index contributed by atoms with van der Waals surface area (Å²) >= 11 is 0. The Balaban J connectivity index is 1.96. The van der Waals surface area contributed by atoms with Crippen LogP contribution in [0, 0.1) is 5.92 Å². The first-order valence-electron chi connectivity index (χ1n) is 10.8. The zero-order valence-electron chi connectivity index (χ0n) is 19.5. The molecule has 1 N–H and O–H groups in total. The molecule has 176 valence electrons. The third-order valence-electron chi connectivity index (χ3n) is 6.07. The second-order valence-electron chi connectivity index (χ2n) is 7.77. The molecule has 1 aliphatic carbocycles. The zero-order chi connectivity index (χ0) is 23.5. The van der Waals surface area contributed by atoms with Gasteiger partial charge in [-0.15, -0.1) is 0 Å². The van der Waals surface area contributed by atoms with E-state index in [1.165, 1.54) is 7.11 Å². The fraction of sp³-hybridized carbons (Fsp3) is 0.400. The second-order valence-corrected chi connectivity index (χ2v) is 7.77. The fourth-order valence-corrected chi connectivity index (χ4v) is 4.55. The molecule has 0 amide bonds. The molecule has 0 unspecified atom stereocenters. The van der Waals surface area contributed by atoms with Gasteiger partial charge in [-0.2, -0.15) is 0 Å². The van der Waals surface area contributed by atoms with Crippen molar-refractivity contribution in [2.24, 2.45) is 5.92 Å². The van der Waals surface area contributed by atoms with Gasteiger partial charge in [0, 0.05) is 12.5 Å². The van der Waals surface area contributed by atoms with Gasteiger partial charge in [-0.1, -0.05) is 13.0 Å². The molecule has 8 heteroatoms. The molecule has 0 aromatic heterocycles. The lowest BCUT2D eigenvalue weighted by atomic mass is 9.71. The van der Waals surface area contributed by atoms with Crippen molar-refractivity contribution in [2.45, 2.75) is 12.8 Å². The van der Waals surface area contributed by atoms with Gasteiger partial charge in [0.2, 0.25) is 12.5 Å². The normalized spacial score (nSPS) is 18.3. The maximum Gasteiger partial charge on any atom is 0.313 e. The molecule has 0 radical (unpaired) electrons. The molecule has 0 saturated carbocycles. The molecule has 33 heavy (non-hydrogen) atoms. The number of likely N-dealkylation sites (N-methyl/N-ethyl adjacent to an activating group) is 1. The van der Waals surface area contributed by atoms with Crippen molar-refractivity contribution in [1.82, 2.24) is 5.32 Å². The Bertz CT molecular complexity index is 1050. The minimum Gasteiger partial charge on any atom is -0.493 e. The molecule has 4 rings (SSSR count). The van der Waals surface area contributed by atoms with Gasteiger partial charge in [-0.05, 0) is 53.1 Å². The highest BCUT2D eigenvalue weighted by molar-refractivity contribution is 5.84. The van der Waals surface area contributed by atoms with Crippen LogP contribution in [0.25, 0.3) is 6.08 Å². The summed E-state index contributed by atoms with van der Waals surface area (Å²) in [4.78, 5) is 13.2. The fourth-order valence-electron chi connectivity index (χ4n) is 4.55. The lowest BCUT2D eigenvalue weighted by molar-refractivity contribution is -0.144. The van der Waals surface area contributed by atoms with Crippen molar-refractivity contribution >= 4 is 12.0 Å². The molecule has 2 aliphatic rings. The van der Waals surface area contributed by atoms with Gasteiger partial charge >= 0.3 is 5.97 Å². The van der Waals surface area contributed by atoms with Gasteiger partial charge in [-0.25, -0.2) is 0 Å². The number of esters is 1. The Kier molecular flexibility index (Phi) is 6.65. The first kappa shape index (κ1) is 22.8.